The number of carbonyl (C=O) groups is 1. The molecule has 3 aromatic rings. The van der Waals surface area contributed by atoms with Crippen molar-refractivity contribution in [2.75, 3.05) is 12.0 Å². The first kappa shape index (κ1) is 14.8. The molecule has 1 heterocycles. The zero-order chi connectivity index (χ0) is 15.9. The summed E-state index contributed by atoms with van der Waals surface area (Å²) in [6.07, 6.45) is 3.56. The zero-order valence-electron chi connectivity index (χ0n) is 12.4. The lowest BCUT2D eigenvalue weighted by Crippen LogP contribution is -2.27. The van der Waals surface area contributed by atoms with Crippen molar-refractivity contribution in [1.82, 2.24) is 14.9 Å². The molecular formula is C17H16N4O2. The molecule has 0 saturated heterocycles. The third-order valence-corrected chi connectivity index (χ3v) is 3.24. The fraction of sp³-hybridized carbons (Fsp3) is 0.118. The van der Waals surface area contributed by atoms with Gasteiger partial charge in [-0.05, 0) is 17.2 Å². The van der Waals surface area contributed by atoms with Crippen LogP contribution in [0.3, 0.4) is 0 Å². The Hall–Kier alpha value is -3.15. The van der Waals surface area contributed by atoms with E-state index < -0.39 is 0 Å². The number of nitrogens with one attached hydrogen (secondary N) is 1. The Labute approximate surface area is 133 Å². The zero-order valence-corrected chi connectivity index (χ0v) is 12.4. The summed E-state index contributed by atoms with van der Waals surface area (Å²) >= 11 is 0. The number of benzene rings is 2. The standard InChI is InChI=1S/C17H16N4O2/c22-17(20-21-12-18-19-13-21)11-23-16-9-5-4-8-15(16)10-14-6-2-1-3-7-14/h1-9,12-13H,10-11H2,(H,20,22). The molecule has 1 aromatic heterocycles. The van der Waals surface area contributed by atoms with Crippen LogP contribution in [-0.2, 0) is 11.2 Å². The van der Waals surface area contributed by atoms with Crippen molar-refractivity contribution >= 4 is 5.91 Å². The first-order valence-electron chi connectivity index (χ1n) is 7.20. The second-order valence-electron chi connectivity index (χ2n) is 4.96. The number of aromatic nitrogens is 3. The number of para-hydroxylation sites is 1. The van der Waals surface area contributed by atoms with Crippen molar-refractivity contribution in [2.45, 2.75) is 6.42 Å². The highest BCUT2D eigenvalue weighted by Gasteiger charge is 2.07. The fourth-order valence-corrected chi connectivity index (χ4v) is 2.18. The maximum absolute atomic E-state index is 11.8. The lowest BCUT2D eigenvalue weighted by Gasteiger charge is -2.11. The summed E-state index contributed by atoms with van der Waals surface area (Å²) in [6, 6.07) is 17.8. The van der Waals surface area contributed by atoms with Crippen LogP contribution in [-0.4, -0.2) is 27.4 Å². The van der Waals surface area contributed by atoms with E-state index in [9.17, 15) is 4.79 Å². The van der Waals surface area contributed by atoms with Crippen LogP contribution in [0, 0.1) is 0 Å². The van der Waals surface area contributed by atoms with Crippen LogP contribution in [0.25, 0.3) is 0 Å². The normalized spacial score (nSPS) is 10.3. The predicted molar refractivity (Wildman–Crippen MR) is 85.6 cm³/mol. The molecule has 0 bridgehead atoms. The van der Waals surface area contributed by atoms with Gasteiger partial charge in [-0.2, -0.15) is 0 Å². The Balaban J connectivity index is 1.62. The fourth-order valence-electron chi connectivity index (χ4n) is 2.18. The minimum Gasteiger partial charge on any atom is -0.483 e. The van der Waals surface area contributed by atoms with E-state index in [0.29, 0.717) is 5.75 Å². The molecule has 0 aliphatic rings. The molecule has 0 aliphatic heterocycles. The van der Waals surface area contributed by atoms with E-state index >= 15 is 0 Å². The van der Waals surface area contributed by atoms with Gasteiger partial charge < -0.3 is 4.74 Å². The second kappa shape index (κ2) is 7.22. The van der Waals surface area contributed by atoms with Gasteiger partial charge in [0.1, 0.15) is 18.4 Å². The highest BCUT2D eigenvalue weighted by atomic mass is 16.5. The molecule has 1 N–H and O–H groups in total. The number of hydrogen-bond donors (Lipinski definition) is 1. The second-order valence-corrected chi connectivity index (χ2v) is 4.96. The largest absolute Gasteiger partial charge is 0.483 e. The summed E-state index contributed by atoms with van der Waals surface area (Å²) in [5.74, 6) is 0.426. The lowest BCUT2D eigenvalue weighted by molar-refractivity contribution is -0.119. The maximum Gasteiger partial charge on any atom is 0.276 e. The average molecular weight is 308 g/mol. The van der Waals surface area contributed by atoms with E-state index in [1.807, 2.05) is 42.5 Å². The molecule has 6 heteroatoms. The molecule has 0 spiro atoms. The number of hydrogen-bond acceptors (Lipinski definition) is 4. The van der Waals surface area contributed by atoms with E-state index in [2.05, 4.69) is 27.8 Å². The van der Waals surface area contributed by atoms with Crippen LogP contribution in [0.15, 0.2) is 67.3 Å². The number of ether oxygens (including phenoxy) is 1. The van der Waals surface area contributed by atoms with Gasteiger partial charge in [-0.15, -0.1) is 10.2 Å². The van der Waals surface area contributed by atoms with Crippen LogP contribution in [0.1, 0.15) is 11.1 Å². The molecule has 0 radical (unpaired) electrons. The molecule has 116 valence electrons. The van der Waals surface area contributed by atoms with Crippen molar-refractivity contribution < 1.29 is 9.53 Å². The summed E-state index contributed by atoms with van der Waals surface area (Å²) < 4.78 is 7.03. The maximum atomic E-state index is 11.8. The summed E-state index contributed by atoms with van der Waals surface area (Å²) in [5.41, 5.74) is 4.82. The minimum absolute atomic E-state index is 0.0794. The van der Waals surface area contributed by atoms with Crippen molar-refractivity contribution in [2.24, 2.45) is 0 Å². The van der Waals surface area contributed by atoms with E-state index in [1.54, 1.807) is 0 Å². The molecular weight excluding hydrogens is 292 g/mol. The quantitative estimate of drug-likeness (QED) is 0.756. The van der Waals surface area contributed by atoms with Gasteiger partial charge in [0.15, 0.2) is 6.61 Å². The monoisotopic (exact) mass is 308 g/mol. The molecule has 1 amide bonds. The van der Waals surface area contributed by atoms with Gasteiger partial charge >= 0.3 is 0 Å². The van der Waals surface area contributed by atoms with Crippen LogP contribution >= 0.6 is 0 Å². The van der Waals surface area contributed by atoms with Crippen LogP contribution in [0.2, 0.25) is 0 Å². The molecule has 3 rings (SSSR count). The summed E-state index contributed by atoms with van der Waals surface area (Å²) in [4.78, 5) is 11.8. The molecule has 2 aromatic carbocycles. The highest BCUT2D eigenvalue weighted by molar-refractivity contribution is 5.85. The van der Waals surface area contributed by atoms with E-state index in [-0.39, 0.29) is 12.5 Å². The average Bonchev–Trinajstić information content (AvgIpc) is 3.08. The Bertz CT molecular complexity index is 757. The number of amides is 1. The Morgan fingerprint density at radius 2 is 1.70 bits per heavy atom. The van der Waals surface area contributed by atoms with Crippen molar-refractivity contribution in [1.29, 1.82) is 0 Å². The predicted octanol–water partition coefficient (Wildman–Crippen LogP) is 2.02. The minimum atomic E-state index is -0.278. The molecule has 0 fully saturated rings. The number of carbonyl (C=O) groups excluding carboxylic acids is 1. The molecule has 6 nitrogen and oxygen atoms in total. The SMILES string of the molecule is O=C(COc1ccccc1Cc1ccccc1)Nn1cnnc1. The van der Waals surface area contributed by atoms with Gasteiger partial charge in [-0.3, -0.25) is 10.2 Å². The topological polar surface area (TPSA) is 69.0 Å². The van der Waals surface area contributed by atoms with Crippen molar-refractivity contribution in [3.05, 3.63) is 78.4 Å². The van der Waals surface area contributed by atoms with E-state index in [0.717, 1.165) is 12.0 Å². The first-order valence-corrected chi connectivity index (χ1v) is 7.20. The van der Waals surface area contributed by atoms with Gasteiger partial charge in [-0.1, -0.05) is 48.5 Å². The Kier molecular flexibility index (Phi) is 4.63. The van der Waals surface area contributed by atoms with Crippen LogP contribution in [0.5, 0.6) is 5.75 Å². The molecule has 23 heavy (non-hydrogen) atoms. The first-order chi connectivity index (χ1) is 11.3. The van der Waals surface area contributed by atoms with Gasteiger partial charge in [0.25, 0.3) is 5.91 Å². The van der Waals surface area contributed by atoms with Gasteiger partial charge in [0.2, 0.25) is 0 Å². The van der Waals surface area contributed by atoms with E-state index in [1.165, 1.54) is 22.9 Å². The third-order valence-electron chi connectivity index (χ3n) is 3.24. The number of nitrogens with zero attached hydrogens (tertiary/aromatic N) is 3. The summed E-state index contributed by atoms with van der Waals surface area (Å²) in [5, 5.41) is 7.22. The van der Waals surface area contributed by atoms with Crippen molar-refractivity contribution in [3.63, 3.8) is 0 Å². The smallest absolute Gasteiger partial charge is 0.276 e. The Morgan fingerprint density at radius 1 is 1.00 bits per heavy atom. The molecule has 0 saturated carbocycles. The van der Waals surface area contributed by atoms with Gasteiger partial charge in [0, 0.05) is 6.42 Å². The van der Waals surface area contributed by atoms with Crippen LogP contribution in [0.4, 0.5) is 0 Å². The molecule has 0 unspecified atom stereocenters. The van der Waals surface area contributed by atoms with Gasteiger partial charge in [0.05, 0.1) is 0 Å². The third kappa shape index (κ3) is 4.16. The lowest BCUT2D eigenvalue weighted by atomic mass is 10.0. The molecule has 0 atom stereocenters. The van der Waals surface area contributed by atoms with Crippen LogP contribution < -0.4 is 10.2 Å². The van der Waals surface area contributed by atoms with E-state index in [4.69, 9.17) is 4.74 Å². The summed E-state index contributed by atoms with van der Waals surface area (Å²) in [7, 11) is 0. The van der Waals surface area contributed by atoms with Gasteiger partial charge in [-0.25, -0.2) is 4.68 Å². The Morgan fingerprint density at radius 3 is 2.48 bits per heavy atom. The number of rotatable bonds is 6. The molecule has 0 aliphatic carbocycles. The summed E-state index contributed by atoms with van der Waals surface area (Å²) in [6.45, 7) is -0.0794. The van der Waals surface area contributed by atoms with Crippen molar-refractivity contribution in [3.8, 4) is 5.75 Å². The highest BCUT2D eigenvalue weighted by Crippen LogP contribution is 2.21.